The van der Waals surface area contributed by atoms with Crippen LogP contribution in [-0.4, -0.2) is 53.4 Å². The van der Waals surface area contributed by atoms with Crippen molar-refractivity contribution < 1.29 is 14.7 Å². The quantitative estimate of drug-likeness (QED) is 0.811. The first-order valence-corrected chi connectivity index (χ1v) is 8.29. The molecule has 1 N–H and O–H groups in total. The number of likely N-dealkylation sites (N-methyl/N-ethyl adjacent to an activating group) is 1. The molecule has 2 rings (SSSR count). The van der Waals surface area contributed by atoms with Gasteiger partial charge in [-0.15, -0.1) is 0 Å². The highest BCUT2D eigenvalue weighted by Crippen LogP contribution is 2.32. The van der Waals surface area contributed by atoms with Gasteiger partial charge in [0.1, 0.15) is 5.60 Å². The standard InChI is InChI=1S/C17H21BrN2O3/c1-3-15(21)19(2)11-16(22)20-10-4-9-17(23,12-20)13-5-7-14(18)8-6-13/h3,5-8,23H,1,4,9-12H2,2H3. The summed E-state index contributed by atoms with van der Waals surface area (Å²) in [5.74, 6) is -0.462. The molecule has 6 heteroatoms. The van der Waals surface area contributed by atoms with E-state index < -0.39 is 5.60 Å². The Labute approximate surface area is 144 Å². The second kappa shape index (κ2) is 7.27. The minimum absolute atomic E-state index is 0.0126. The first-order valence-electron chi connectivity index (χ1n) is 7.49. The average molecular weight is 381 g/mol. The molecule has 5 nitrogen and oxygen atoms in total. The van der Waals surface area contributed by atoms with Crippen LogP contribution in [0.3, 0.4) is 0 Å². The van der Waals surface area contributed by atoms with Crippen LogP contribution in [0.15, 0.2) is 41.4 Å². The van der Waals surface area contributed by atoms with Gasteiger partial charge in [0, 0.05) is 18.1 Å². The number of halogens is 1. The molecular weight excluding hydrogens is 360 g/mol. The van der Waals surface area contributed by atoms with E-state index in [1.54, 1.807) is 11.9 Å². The molecule has 1 aliphatic heterocycles. The Morgan fingerprint density at radius 1 is 1.43 bits per heavy atom. The fourth-order valence-corrected chi connectivity index (χ4v) is 3.05. The second-order valence-corrected chi connectivity index (χ2v) is 6.77. The topological polar surface area (TPSA) is 60.9 Å². The number of benzene rings is 1. The summed E-state index contributed by atoms with van der Waals surface area (Å²) in [6, 6.07) is 7.49. The minimum Gasteiger partial charge on any atom is -0.383 e. The Balaban J connectivity index is 2.07. The molecule has 0 spiro atoms. The summed E-state index contributed by atoms with van der Waals surface area (Å²) in [7, 11) is 1.56. The van der Waals surface area contributed by atoms with E-state index in [1.165, 1.54) is 11.0 Å². The van der Waals surface area contributed by atoms with Crippen molar-refractivity contribution in [2.45, 2.75) is 18.4 Å². The number of likely N-dealkylation sites (tertiary alicyclic amines) is 1. The summed E-state index contributed by atoms with van der Waals surface area (Å²) in [5.41, 5.74) is -0.246. The first-order chi connectivity index (χ1) is 10.9. The molecule has 0 bridgehead atoms. The van der Waals surface area contributed by atoms with Crippen molar-refractivity contribution in [2.24, 2.45) is 0 Å². The summed E-state index contributed by atoms with van der Waals surface area (Å²) >= 11 is 3.38. The number of hydrogen-bond acceptors (Lipinski definition) is 3. The summed E-state index contributed by atoms with van der Waals surface area (Å²) in [4.78, 5) is 26.8. The van der Waals surface area contributed by atoms with Crippen LogP contribution in [0.5, 0.6) is 0 Å². The zero-order valence-electron chi connectivity index (χ0n) is 13.2. The maximum atomic E-state index is 12.4. The van der Waals surface area contributed by atoms with Gasteiger partial charge in [-0.1, -0.05) is 34.6 Å². The number of rotatable bonds is 4. The fraction of sp³-hybridized carbons (Fsp3) is 0.412. The molecule has 1 heterocycles. The van der Waals surface area contributed by atoms with Gasteiger partial charge in [-0.05, 0) is 36.6 Å². The summed E-state index contributed by atoms with van der Waals surface area (Å²) < 4.78 is 0.943. The molecule has 2 amide bonds. The highest BCUT2D eigenvalue weighted by atomic mass is 79.9. The minimum atomic E-state index is -1.05. The van der Waals surface area contributed by atoms with E-state index in [4.69, 9.17) is 0 Å². The number of piperidine rings is 1. The van der Waals surface area contributed by atoms with Gasteiger partial charge in [-0.3, -0.25) is 9.59 Å². The van der Waals surface area contributed by atoms with Crippen molar-refractivity contribution in [3.05, 3.63) is 47.0 Å². The van der Waals surface area contributed by atoms with E-state index in [1.807, 2.05) is 24.3 Å². The van der Waals surface area contributed by atoms with Crippen molar-refractivity contribution in [1.82, 2.24) is 9.80 Å². The van der Waals surface area contributed by atoms with Gasteiger partial charge in [-0.25, -0.2) is 0 Å². The van der Waals surface area contributed by atoms with Crippen molar-refractivity contribution in [3.63, 3.8) is 0 Å². The molecule has 1 fully saturated rings. The van der Waals surface area contributed by atoms with Gasteiger partial charge in [0.25, 0.3) is 0 Å². The van der Waals surface area contributed by atoms with E-state index in [2.05, 4.69) is 22.5 Å². The molecule has 1 unspecified atom stereocenters. The van der Waals surface area contributed by atoms with E-state index in [9.17, 15) is 14.7 Å². The van der Waals surface area contributed by atoms with Gasteiger partial charge in [-0.2, -0.15) is 0 Å². The molecular formula is C17H21BrN2O3. The van der Waals surface area contributed by atoms with Gasteiger partial charge in [0.2, 0.25) is 11.8 Å². The molecule has 1 aromatic carbocycles. The third-order valence-electron chi connectivity index (χ3n) is 4.13. The Morgan fingerprint density at radius 2 is 2.09 bits per heavy atom. The predicted octanol–water partition coefficient (Wildman–Crippen LogP) is 1.90. The number of hydrogen-bond donors (Lipinski definition) is 1. The maximum absolute atomic E-state index is 12.4. The number of nitrogens with zero attached hydrogens (tertiary/aromatic N) is 2. The number of carbonyl (C=O) groups is 2. The maximum Gasteiger partial charge on any atom is 0.246 e. The lowest BCUT2D eigenvalue weighted by Gasteiger charge is -2.40. The van der Waals surface area contributed by atoms with Gasteiger partial charge >= 0.3 is 0 Å². The van der Waals surface area contributed by atoms with E-state index in [0.29, 0.717) is 13.0 Å². The summed E-state index contributed by atoms with van der Waals surface area (Å²) in [5, 5.41) is 10.9. The SMILES string of the molecule is C=CC(=O)N(C)CC(=O)N1CCCC(O)(c2ccc(Br)cc2)C1. The van der Waals surface area contributed by atoms with Crippen LogP contribution in [0.25, 0.3) is 0 Å². The molecule has 1 aromatic rings. The van der Waals surface area contributed by atoms with Crippen LogP contribution >= 0.6 is 15.9 Å². The molecule has 0 aromatic heterocycles. The molecule has 1 atom stereocenters. The smallest absolute Gasteiger partial charge is 0.246 e. The zero-order valence-corrected chi connectivity index (χ0v) is 14.8. The van der Waals surface area contributed by atoms with Crippen molar-refractivity contribution in [2.75, 3.05) is 26.7 Å². The van der Waals surface area contributed by atoms with Crippen molar-refractivity contribution in [1.29, 1.82) is 0 Å². The fourth-order valence-electron chi connectivity index (χ4n) is 2.78. The molecule has 1 aliphatic rings. The summed E-state index contributed by atoms with van der Waals surface area (Å²) in [6.45, 7) is 4.23. The van der Waals surface area contributed by atoms with Crippen molar-refractivity contribution >= 4 is 27.7 Å². The van der Waals surface area contributed by atoms with Gasteiger partial charge < -0.3 is 14.9 Å². The lowest BCUT2D eigenvalue weighted by molar-refractivity contribution is -0.143. The third kappa shape index (κ3) is 4.20. The Bertz CT molecular complexity index is 602. The zero-order chi connectivity index (χ0) is 17.0. The lowest BCUT2D eigenvalue weighted by Crippen LogP contribution is -2.51. The first kappa shape index (κ1) is 17.7. The van der Waals surface area contributed by atoms with E-state index >= 15 is 0 Å². The van der Waals surface area contributed by atoms with Crippen LogP contribution in [0.4, 0.5) is 0 Å². The number of carbonyl (C=O) groups excluding carboxylic acids is 2. The lowest BCUT2D eigenvalue weighted by atomic mass is 9.86. The van der Waals surface area contributed by atoms with Crippen LogP contribution in [0, 0.1) is 0 Å². The van der Waals surface area contributed by atoms with Gasteiger partial charge in [0.05, 0.1) is 13.1 Å². The van der Waals surface area contributed by atoms with E-state index in [-0.39, 0.29) is 24.9 Å². The number of β-amino-alcohol motifs (C(OH)–C–C–N with tert-alkyl or cyclic N) is 1. The van der Waals surface area contributed by atoms with E-state index in [0.717, 1.165) is 16.5 Å². The third-order valence-corrected chi connectivity index (χ3v) is 4.66. The molecule has 0 aliphatic carbocycles. The Morgan fingerprint density at radius 3 is 2.70 bits per heavy atom. The predicted molar refractivity (Wildman–Crippen MR) is 91.7 cm³/mol. The second-order valence-electron chi connectivity index (χ2n) is 5.86. The summed E-state index contributed by atoms with van der Waals surface area (Å²) in [6.07, 6.45) is 2.51. The monoisotopic (exact) mass is 380 g/mol. The van der Waals surface area contributed by atoms with Gasteiger partial charge in [0.15, 0.2) is 0 Å². The average Bonchev–Trinajstić information content (AvgIpc) is 2.54. The van der Waals surface area contributed by atoms with Crippen LogP contribution in [0.1, 0.15) is 18.4 Å². The van der Waals surface area contributed by atoms with Crippen molar-refractivity contribution in [3.8, 4) is 0 Å². The number of amides is 2. The van der Waals surface area contributed by atoms with Crippen LogP contribution in [-0.2, 0) is 15.2 Å². The van der Waals surface area contributed by atoms with Crippen LogP contribution < -0.4 is 0 Å². The molecule has 0 radical (unpaired) electrons. The Kier molecular flexibility index (Phi) is 5.59. The Hall–Kier alpha value is -1.66. The molecule has 0 saturated carbocycles. The highest BCUT2D eigenvalue weighted by Gasteiger charge is 2.36. The van der Waals surface area contributed by atoms with Crippen LogP contribution in [0.2, 0.25) is 0 Å². The highest BCUT2D eigenvalue weighted by molar-refractivity contribution is 9.10. The largest absolute Gasteiger partial charge is 0.383 e. The molecule has 1 saturated heterocycles. The number of aliphatic hydroxyl groups is 1. The molecule has 124 valence electrons. The normalized spacial score (nSPS) is 20.9. The molecule has 23 heavy (non-hydrogen) atoms.